The highest BCUT2D eigenvalue weighted by atomic mass is 79.9. The molecule has 0 saturated carbocycles. The van der Waals surface area contributed by atoms with Gasteiger partial charge in [-0.05, 0) is 22.0 Å². The molecule has 1 saturated heterocycles. The monoisotopic (exact) mass is 383 g/mol. The summed E-state index contributed by atoms with van der Waals surface area (Å²) in [6.45, 7) is 0. The predicted molar refractivity (Wildman–Crippen MR) is 81.4 cm³/mol. The van der Waals surface area contributed by atoms with E-state index in [-0.39, 0.29) is 21.5 Å². The quantitative estimate of drug-likeness (QED) is 0.357. The zero-order valence-electron chi connectivity index (χ0n) is 11.9. The number of aromatic hydroxyl groups is 1. The summed E-state index contributed by atoms with van der Waals surface area (Å²) in [4.78, 5) is 47.4. The van der Waals surface area contributed by atoms with Crippen LogP contribution in [0.2, 0.25) is 0 Å². The SMILES string of the molecule is CN1C(=O)C(=Cc2cc([N+](=O)[O-])cc(Br)c2O)C(=O)N(C)C1=O. The smallest absolute Gasteiger partial charge is 0.333 e. The van der Waals surface area contributed by atoms with Gasteiger partial charge in [0.25, 0.3) is 17.5 Å². The van der Waals surface area contributed by atoms with E-state index in [1.54, 1.807) is 0 Å². The Hall–Kier alpha value is -2.75. The van der Waals surface area contributed by atoms with Crippen molar-refractivity contribution in [3.63, 3.8) is 0 Å². The van der Waals surface area contributed by atoms with E-state index in [0.29, 0.717) is 0 Å². The van der Waals surface area contributed by atoms with Crippen molar-refractivity contribution >= 4 is 45.5 Å². The van der Waals surface area contributed by atoms with E-state index in [4.69, 9.17) is 0 Å². The van der Waals surface area contributed by atoms with Crippen LogP contribution < -0.4 is 0 Å². The largest absolute Gasteiger partial charge is 0.506 e. The molecule has 9 nitrogen and oxygen atoms in total. The Balaban J connectivity index is 2.61. The van der Waals surface area contributed by atoms with Gasteiger partial charge in [0.05, 0.1) is 9.40 Å². The molecule has 0 aromatic heterocycles. The molecular formula is C13H10BrN3O6. The van der Waals surface area contributed by atoms with Crippen molar-refractivity contribution in [1.29, 1.82) is 0 Å². The summed E-state index contributed by atoms with van der Waals surface area (Å²) < 4.78 is 0.0343. The zero-order valence-corrected chi connectivity index (χ0v) is 13.5. The third-order valence-electron chi connectivity index (χ3n) is 3.23. The number of barbiturate groups is 1. The minimum atomic E-state index is -0.861. The highest BCUT2D eigenvalue weighted by molar-refractivity contribution is 9.10. The Bertz CT molecular complexity index is 762. The van der Waals surface area contributed by atoms with Gasteiger partial charge in [-0.1, -0.05) is 0 Å². The number of phenols is 1. The molecule has 1 aromatic rings. The molecule has 0 unspecified atom stereocenters. The number of carbonyl (C=O) groups is 3. The molecule has 1 aliphatic rings. The second-order valence-corrected chi connectivity index (χ2v) is 5.55. The number of hydrogen-bond donors (Lipinski definition) is 1. The lowest BCUT2D eigenvalue weighted by Crippen LogP contribution is -2.52. The van der Waals surface area contributed by atoms with Crippen molar-refractivity contribution < 1.29 is 24.4 Å². The third-order valence-corrected chi connectivity index (χ3v) is 3.84. The number of hydrogen-bond acceptors (Lipinski definition) is 6. The van der Waals surface area contributed by atoms with Crippen LogP contribution in [0.3, 0.4) is 0 Å². The Labute approximate surface area is 138 Å². The Morgan fingerprint density at radius 1 is 1.17 bits per heavy atom. The van der Waals surface area contributed by atoms with Crippen LogP contribution in [0.15, 0.2) is 22.2 Å². The lowest BCUT2D eigenvalue weighted by Gasteiger charge is -2.28. The molecule has 4 amide bonds. The second-order valence-electron chi connectivity index (χ2n) is 4.69. The molecule has 1 aromatic carbocycles. The van der Waals surface area contributed by atoms with Crippen molar-refractivity contribution in [3.05, 3.63) is 37.9 Å². The zero-order chi connectivity index (χ0) is 17.5. The van der Waals surface area contributed by atoms with Gasteiger partial charge in [0, 0.05) is 31.8 Å². The van der Waals surface area contributed by atoms with E-state index in [0.717, 1.165) is 28.0 Å². The van der Waals surface area contributed by atoms with Crippen LogP contribution >= 0.6 is 15.9 Å². The number of benzene rings is 1. The molecule has 0 atom stereocenters. The maximum absolute atomic E-state index is 12.1. The molecule has 1 N–H and O–H groups in total. The van der Waals surface area contributed by atoms with E-state index < -0.39 is 28.3 Å². The van der Waals surface area contributed by atoms with Crippen molar-refractivity contribution in [2.24, 2.45) is 0 Å². The van der Waals surface area contributed by atoms with E-state index >= 15 is 0 Å². The molecule has 1 aliphatic heterocycles. The molecule has 1 fully saturated rings. The van der Waals surface area contributed by atoms with Crippen molar-refractivity contribution in [2.75, 3.05) is 14.1 Å². The Kier molecular flexibility index (Phi) is 4.19. The summed E-state index contributed by atoms with van der Waals surface area (Å²) in [5.74, 6) is -2.09. The fourth-order valence-corrected chi connectivity index (χ4v) is 2.41. The topological polar surface area (TPSA) is 121 Å². The molecule has 120 valence electrons. The third kappa shape index (κ3) is 2.80. The lowest BCUT2D eigenvalue weighted by molar-refractivity contribution is -0.385. The molecule has 23 heavy (non-hydrogen) atoms. The van der Waals surface area contributed by atoms with Crippen molar-refractivity contribution in [2.45, 2.75) is 0 Å². The number of non-ortho nitro benzene ring substituents is 1. The maximum atomic E-state index is 12.1. The van der Waals surface area contributed by atoms with Crippen LogP contribution in [-0.2, 0) is 9.59 Å². The first-order chi connectivity index (χ1) is 10.6. The second kappa shape index (κ2) is 5.80. The molecule has 0 spiro atoms. The number of nitrogens with zero attached hydrogens (tertiary/aromatic N) is 3. The van der Waals surface area contributed by atoms with Gasteiger partial charge in [-0.25, -0.2) is 4.79 Å². The van der Waals surface area contributed by atoms with Crippen LogP contribution in [0.1, 0.15) is 5.56 Å². The lowest BCUT2D eigenvalue weighted by atomic mass is 10.1. The average molecular weight is 384 g/mol. The number of imide groups is 2. The van der Waals surface area contributed by atoms with Gasteiger partial charge in [0.15, 0.2) is 0 Å². The maximum Gasteiger partial charge on any atom is 0.333 e. The van der Waals surface area contributed by atoms with Gasteiger partial charge in [-0.15, -0.1) is 0 Å². The molecule has 0 aliphatic carbocycles. The summed E-state index contributed by atoms with van der Waals surface area (Å²) in [7, 11) is 2.40. The number of amides is 4. The highest BCUT2D eigenvalue weighted by Gasteiger charge is 2.38. The minimum Gasteiger partial charge on any atom is -0.506 e. The number of phenolic OH excluding ortho intramolecular Hbond substituents is 1. The van der Waals surface area contributed by atoms with Gasteiger partial charge < -0.3 is 5.11 Å². The molecule has 2 rings (SSSR count). The standard InChI is InChI=1S/C13H10BrN3O6/c1-15-11(19)8(12(20)16(2)13(15)21)4-6-3-7(17(22)23)5-9(14)10(6)18/h3-5,18H,1-2H3. The number of urea groups is 1. The van der Waals surface area contributed by atoms with Gasteiger partial charge in [0.2, 0.25) is 0 Å². The average Bonchev–Trinajstić information content (AvgIpc) is 2.51. The minimum absolute atomic E-state index is 0.0343. The summed E-state index contributed by atoms with van der Waals surface area (Å²) in [6, 6.07) is 1.31. The first-order valence-electron chi connectivity index (χ1n) is 6.13. The highest BCUT2D eigenvalue weighted by Crippen LogP contribution is 2.34. The van der Waals surface area contributed by atoms with Gasteiger partial charge in [-0.2, -0.15) is 0 Å². The number of nitro benzene ring substituents is 1. The number of likely N-dealkylation sites (N-methyl/N-ethyl adjacent to an activating group) is 2. The fourth-order valence-electron chi connectivity index (χ4n) is 1.95. The van der Waals surface area contributed by atoms with Gasteiger partial charge >= 0.3 is 6.03 Å². The van der Waals surface area contributed by atoms with E-state index in [9.17, 15) is 29.6 Å². The van der Waals surface area contributed by atoms with Gasteiger partial charge in [0.1, 0.15) is 11.3 Å². The molecule has 0 radical (unpaired) electrons. The predicted octanol–water partition coefficient (Wildman–Crippen LogP) is 1.50. The van der Waals surface area contributed by atoms with E-state index in [1.807, 2.05) is 0 Å². The summed E-state index contributed by atoms with van der Waals surface area (Å²) in [5.41, 5.74) is -0.828. The number of carbonyl (C=O) groups excluding carboxylic acids is 3. The fraction of sp³-hybridized carbons (Fsp3) is 0.154. The van der Waals surface area contributed by atoms with E-state index in [2.05, 4.69) is 15.9 Å². The van der Waals surface area contributed by atoms with Crippen molar-refractivity contribution in [1.82, 2.24) is 9.80 Å². The summed E-state index contributed by atoms with van der Waals surface area (Å²) >= 11 is 2.97. The van der Waals surface area contributed by atoms with Crippen LogP contribution in [0.5, 0.6) is 5.75 Å². The molecular weight excluding hydrogens is 374 g/mol. The van der Waals surface area contributed by atoms with Crippen molar-refractivity contribution in [3.8, 4) is 5.75 Å². The van der Waals surface area contributed by atoms with Crippen LogP contribution in [0, 0.1) is 10.1 Å². The van der Waals surface area contributed by atoms with Gasteiger partial charge in [-0.3, -0.25) is 29.5 Å². The van der Waals surface area contributed by atoms with Crippen LogP contribution in [0.25, 0.3) is 6.08 Å². The Morgan fingerprint density at radius 3 is 2.17 bits per heavy atom. The summed E-state index contributed by atoms with van der Waals surface area (Å²) in [6.07, 6.45) is 1.01. The first-order valence-corrected chi connectivity index (χ1v) is 6.93. The Morgan fingerprint density at radius 2 is 1.70 bits per heavy atom. The van der Waals surface area contributed by atoms with Crippen LogP contribution in [-0.4, -0.2) is 51.8 Å². The summed E-state index contributed by atoms with van der Waals surface area (Å²) in [5, 5.41) is 20.8. The molecule has 1 heterocycles. The normalized spacial score (nSPS) is 15.3. The van der Waals surface area contributed by atoms with Crippen LogP contribution in [0.4, 0.5) is 10.5 Å². The van der Waals surface area contributed by atoms with E-state index in [1.165, 1.54) is 14.1 Å². The first kappa shape index (κ1) is 16.6. The number of rotatable bonds is 2. The number of nitro groups is 1. The molecule has 10 heteroatoms. The molecule has 0 bridgehead atoms. The number of halogens is 1.